The van der Waals surface area contributed by atoms with Crippen LogP contribution in [0.4, 0.5) is 10.5 Å². The second-order valence-electron chi connectivity index (χ2n) is 8.22. The van der Waals surface area contributed by atoms with Crippen LogP contribution in [0.5, 0.6) is 11.5 Å². The fourth-order valence-corrected chi connectivity index (χ4v) is 4.05. The van der Waals surface area contributed by atoms with Crippen LogP contribution in [0.25, 0.3) is 6.08 Å². The summed E-state index contributed by atoms with van der Waals surface area (Å²) < 4.78 is 5.58. The zero-order valence-corrected chi connectivity index (χ0v) is 19.1. The van der Waals surface area contributed by atoms with Crippen molar-refractivity contribution in [3.05, 3.63) is 94.1 Å². The van der Waals surface area contributed by atoms with E-state index in [0.29, 0.717) is 17.7 Å². The van der Waals surface area contributed by atoms with Crippen LogP contribution < -0.4 is 15.0 Å². The van der Waals surface area contributed by atoms with Gasteiger partial charge >= 0.3 is 6.03 Å². The number of carbonyl (C=O) groups excluding carboxylic acids is 3. The minimum absolute atomic E-state index is 0.00605. The van der Waals surface area contributed by atoms with Gasteiger partial charge in [0.1, 0.15) is 17.1 Å². The van der Waals surface area contributed by atoms with Gasteiger partial charge in [-0.2, -0.15) is 0 Å². The lowest BCUT2D eigenvalue weighted by molar-refractivity contribution is -0.122. The number of imide groups is 2. The average molecular weight is 456 g/mol. The molecule has 0 unspecified atom stereocenters. The Morgan fingerprint density at radius 1 is 0.941 bits per heavy atom. The van der Waals surface area contributed by atoms with Crippen LogP contribution in [0.15, 0.2) is 66.2 Å². The summed E-state index contributed by atoms with van der Waals surface area (Å²) in [4.78, 5) is 38.7. The lowest BCUT2D eigenvalue weighted by Crippen LogP contribution is -2.54. The fourth-order valence-electron chi connectivity index (χ4n) is 4.05. The Bertz CT molecular complexity index is 1310. The van der Waals surface area contributed by atoms with Crippen LogP contribution in [0.2, 0.25) is 0 Å². The number of anilines is 1. The Labute approximate surface area is 197 Å². The van der Waals surface area contributed by atoms with E-state index in [-0.39, 0.29) is 17.0 Å². The van der Waals surface area contributed by atoms with Crippen molar-refractivity contribution in [1.29, 1.82) is 0 Å². The van der Waals surface area contributed by atoms with Gasteiger partial charge < -0.3 is 9.84 Å². The van der Waals surface area contributed by atoms with Gasteiger partial charge in [-0.25, -0.2) is 9.69 Å². The summed E-state index contributed by atoms with van der Waals surface area (Å²) in [6.07, 6.45) is 2.10. The molecule has 7 nitrogen and oxygen atoms in total. The maximum atomic E-state index is 13.0. The predicted octanol–water partition coefficient (Wildman–Crippen LogP) is 4.27. The topological polar surface area (TPSA) is 95.9 Å². The van der Waals surface area contributed by atoms with Gasteiger partial charge in [-0.1, -0.05) is 41.5 Å². The highest BCUT2D eigenvalue weighted by molar-refractivity contribution is 6.39. The van der Waals surface area contributed by atoms with Crippen molar-refractivity contribution in [3.63, 3.8) is 0 Å². The van der Waals surface area contributed by atoms with Gasteiger partial charge in [-0.15, -0.1) is 0 Å². The molecule has 0 saturated carbocycles. The van der Waals surface area contributed by atoms with E-state index in [1.165, 1.54) is 41.5 Å². The highest BCUT2D eigenvalue weighted by atomic mass is 16.5. The Hall–Kier alpha value is -4.39. The molecule has 1 aliphatic rings. The number of urea groups is 1. The summed E-state index contributed by atoms with van der Waals surface area (Å²) in [5.74, 6) is -0.905. The van der Waals surface area contributed by atoms with E-state index in [0.717, 1.165) is 16.0 Å². The second kappa shape index (κ2) is 9.23. The zero-order valence-electron chi connectivity index (χ0n) is 19.1. The van der Waals surface area contributed by atoms with Crippen molar-refractivity contribution < 1.29 is 24.2 Å². The molecule has 0 bridgehead atoms. The maximum Gasteiger partial charge on any atom is 0.335 e. The van der Waals surface area contributed by atoms with Gasteiger partial charge in [-0.3, -0.25) is 14.9 Å². The van der Waals surface area contributed by atoms with E-state index in [9.17, 15) is 19.5 Å². The molecule has 0 aliphatic carbocycles. The molecule has 1 aliphatic heterocycles. The van der Waals surface area contributed by atoms with Crippen molar-refractivity contribution in [2.24, 2.45) is 0 Å². The molecule has 34 heavy (non-hydrogen) atoms. The maximum absolute atomic E-state index is 13.0. The van der Waals surface area contributed by atoms with Crippen LogP contribution in [0.1, 0.15) is 27.8 Å². The number of aromatic hydroxyl groups is 1. The largest absolute Gasteiger partial charge is 0.508 e. The van der Waals surface area contributed by atoms with Gasteiger partial charge in [-0.05, 0) is 66.9 Å². The number of hydrogen-bond donors (Lipinski definition) is 2. The van der Waals surface area contributed by atoms with Crippen molar-refractivity contribution >= 4 is 29.6 Å². The van der Waals surface area contributed by atoms with E-state index in [1.54, 1.807) is 19.2 Å². The summed E-state index contributed by atoms with van der Waals surface area (Å²) in [6, 6.07) is 16.5. The van der Waals surface area contributed by atoms with Crippen molar-refractivity contribution in [3.8, 4) is 11.5 Å². The highest BCUT2D eigenvalue weighted by Crippen LogP contribution is 2.27. The smallest absolute Gasteiger partial charge is 0.335 e. The lowest BCUT2D eigenvalue weighted by Gasteiger charge is -2.26. The van der Waals surface area contributed by atoms with E-state index in [1.807, 2.05) is 6.07 Å². The number of ether oxygens (including phenoxy) is 1. The molecule has 2 N–H and O–H groups in total. The minimum Gasteiger partial charge on any atom is -0.508 e. The SMILES string of the molecule is COc1cc(/C=C2\C(=O)NC(=O)N(c3ccc(O)cc3)C2=O)ccc1Cc1cc(C)cc(C)c1. The standard InChI is InChI=1S/C27H24N2O5/c1-16-10-17(2)12-19(11-16)13-20-5-4-18(15-24(20)34-3)14-23-25(31)28-27(33)29(26(23)32)21-6-8-22(30)9-7-21/h4-12,14-15,30H,13H2,1-3H3,(H,28,31,33)/b23-14+. The molecule has 3 aromatic rings. The molecule has 4 amide bonds. The number of nitrogens with zero attached hydrogens (tertiary/aromatic N) is 1. The predicted molar refractivity (Wildman–Crippen MR) is 129 cm³/mol. The number of carbonyl (C=O) groups is 3. The van der Waals surface area contributed by atoms with Gasteiger partial charge in [0.2, 0.25) is 0 Å². The van der Waals surface area contributed by atoms with Gasteiger partial charge in [0.25, 0.3) is 11.8 Å². The Morgan fingerprint density at radius 2 is 1.62 bits per heavy atom. The molecule has 1 saturated heterocycles. The average Bonchev–Trinajstić information content (AvgIpc) is 2.78. The number of phenolic OH excluding ortho intramolecular Hbond substituents is 1. The van der Waals surface area contributed by atoms with Crippen LogP contribution in [-0.4, -0.2) is 30.1 Å². The fraction of sp³-hybridized carbons (Fsp3) is 0.148. The monoisotopic (exact) mass is 456 g/mol. The quantitative estimate of drug-likeness (QED) is 0.441. The van der Waals surface area contributed by atoms with Gasteiger partial charge in [0.05, 0.1) is 12.8 Å². The number of rotatable bonds is 5. The number of nitrogens with one attached hydrogen (secondary N) is 1. The van der Waals surface area contributed by atoms with Gasteiger partial charge in [0, 0.05) is 6.42 Å². The van der Waals surface area contributed by atoms with Crippen molar-refractivity contribution in [2.75, 3.05) is 12.0 Å². The molecule has 3 aromatic carbocycles. The van der Waals surface area contributed by atoms with Crippen LogP contribution in [-0.2, 0) is 16.0 Å². The first-order chi connectivity index (χ1) is 16.2. The summed E-state index contributed by atoms with van der Waals surface area (Å²) in [5.41, 5.74) is 5.13. The number of barbiturate groups is 1. The molecule has 7 heteroatoms. The number of hydrogen-bond acceptors (Lipinski definition) is 5. The minimum atomic E-state index is -0.848. The molecular weight excluding hydrogens is 432 g/mol. The third kappa shape index (κ3) is 4.68. The molecule has 1 fully saturated rings. The third-order valence-electron chi connectivity index (χ3n) is 5.51. The van der Waals surface area contributed by atoms with Gasteiger partial charge in [0.15, 0.2) is 0 Å². The molecule has 4 rings (SSSR count). The normalized spacial score (nSPS) is 15.0. The number of phenols is 1. The van der Waals surface area contributed by atoms with Crippen molar-refractivity contribution in [1.82, 2.24) is 5.32 Å². The van der Waals surface area contributed by atoms with Crippen LogP contribution in [0, 0.1) is 13.8 Å². The van der Waals surface area contributed by atoms with Crippen molar-refractivity contribution in [2.45, 2.75) is 20.3 Å². The Balaban J connectivity index is 1.65. The summed E-state index contributed by atoms with van der Waals surface area (Å²) in [7, 11) is 1.57. The summed E-state index contributed by atoms with van der Waals surface area (Å²) >= 11 is 0. The summed E-state index contributed by atoms with van der Waals surface area (Å²) in [5, 5.41) is 11.7. The number of methoxy groups -OCH3 is 1. The zero-order chi connectivity index (χ0) is 24.4. The van der Waals surface area contributed by atoms with Crippen LogP contribution >= 0.6 is 0 Å². The molecule has 0 aromatic heterocycles. The molecular formula is C27H24N2O5. The molecule has 0 atom stereocenters. The number of aryl methyl sites for hydroxylation is 2. The lowest BCUT2D eigenvalue weighted by atomic mass is 9.98. The Kier molecular flexibility index (Phi) is 6.19. The van der Waals surface area contributed by atoms with E-state index >= 15 is 0 Å². The highest BCUT2D eigenvalue weighted by Gasteiger charge is 2.36. The number of amides is 4. The van der Waals surface area contributed by atoms with Crippen LogP contribution in [0.3, 0.4) is 0 Å². The number of benzene rings is 3. The Morgan fingerprint density at radius 3 is 2.26 bits per heavy atom. The second-order valence-corrected chi connectivity index (χ2v) is 8.22. The molecule has 172 valence electrons. The first kappa shape index (κ1) is 22.8. The van der Waals surface area contributed by atoms with E-state index in [2.05, 4.69) is 37.4 Å². The molecule has 1 heterocycles. The van der Waals surface area contributed by atoms with E-state index < -0.39 is 17.8 Å². The summed E-state index contributed by atoms with van der Waals surface area (Å²) in [6.45, 7) is 4.11. The van der Waals surface area contributed by atoms with E-state index in [4.69, 9.17) is 4.74 Å². The first-order valence-corrected chi connectivity index (χ1v) is 10.7. The molecule has 0 radical (unpaired) electrons. The first-order valence-electron chi connectivity index (χ1n) is 10.7. The third-order valence-corrected chi connectivity index (χ3v) is 5.51. The molecule has 0 spiro atoms.